The number of nitrogens with zero attached hydrogens (tertiary/aromatic N) is 1. The number of amides is 2. The molecule has 1 aromatic carbocycles. The Bertz CT molecular complexity index is 565. The van der Waals surface area contributed by atoms with Gasteiger partial charge in [0.1, 0.15) is 6.04 Å². The van der Waals surface area contributed by atoms with Crippen LogP contribution in [0.5, 0.6) is 0 Å². The largest absolute Gasteiger partial charge is 0.480 e. The number of anilines is 1. The van der Waals surface area contributed by atoms with E-state index in [2.05, 4.69) is 10.6 Å². The van der Waals surface area contributed by atoms with Gasteiger partial charge in [-0.15, -0.1) is 0 Å². The summed E-state index contributed by atoms with van der Waals surface area (Å²) in [4.78, 5) is 31.8. The number of carbonyl (C=O) groups is 2. The topological polar surface area (TPSA) is 142 Å². The summed E-state index contributed by atoms with van der Waals surface area (Å²) in [7, 11) is 0. The minimum atomic E-state index is -1.34. The number of benzene rings is 1. The number of aliphatic carboxylic acids is 1. The highest BCUT2D eigenvalue weighted by Crippen LogP contribution is 2.20. The minimum Gasteiger partial charge on any atom is -0.480 e. The van der Waals surface area contributed by atoms with E-state index >= 15 is 0 Å². The van der Waals surface area contributed by atoms with E-state index in [0.29, 0.717) is 0 Å². The lowest BCUT2D eigenvalue weighted by Gasteiger charge is -2.14. The Labute approximate surface area is 117 Å². The quantitative estimate of drug-likeness (QED) is 0.450. The maximum absolute atomic E-state index is 13.3. The van der Waals surface area contributed by atoms with Crippen molar-refractivity contribution in [3.8, 4) is 0 Å². The number of hydrogen-bond acceptors (Lipinski definition) is 5. The molecule has 4 N–H and O–H groups in total. The third-order valence-corrected chi connectivity index (χ3v) is 2.42. The highest BCUT2D eigenvalue weighted by molar-refractivity contribution is 5.92. The fourth-order valence-electron chi connectivity index (χ4n) is 1.44. The van der Waals surface area contributed by atoms with Crippen LogP contribution in [0.2, 0.25) is 0 Å². The lowest BCUT2D eigenvalue weighted by molar-refractivity contribution is -0.387. The molecule has 114 valence electrons. The van der Waals surface area contributed by atoms with Crippen molar-refractivity contribution in [1.82, 2.24) is 5.32 Å². The van der Waals surface area contributed by atoms with Crippen molar-refractivity contribution >= 4 is 23.4 Å². The van der Waals surface area contributed by atoms with Gasteiger partial charge in [0.25, 0.3) is 0 Å². The van der Waals surface area contributed by atoms with E-state index in [1.54, 1.807) is 0 Å². The van der Waals surface area contributed by atoms with Crippen molar-refractivity contribution < 1.29 is 29.1 Å². The van der Waals surface area contributed by atoms with Crippen LogP contribution in [0.3, 0.4) is 0 Å². The predicted octanol–water partition coefficient (Wildman–Crippen LogP) is 0.691. The van der Waals surface area contributed by atoms with Crippen molar-refractivity contribution in [3.05, 3.63) is 34.1 Å². The van der Waals surface area contributed by atoms with Crippen LogP contribution in [0, 0.1) is 15.9 Å². The molecule has 0 aliphatic carbocycles. The number of nitro benzene ring substituents is 1. The first-order valence-electron chi connectivity index (χ1n) is 5.70. The Morgan fingerprint density at radius 1 is 1.43 bits per heavy atom. The molecule has 0 bridgehead atoms. The van der Waals surface area contributed by atoms with Gasteiger partial charge < -0.3 is 20.8 Å². The lowest BCUT2D eigenvalue weighted by Crippen LogP contribution is -2.43. The van der Waals surface area contributed by atoms with Crippen LogP contribution in [0.1, 0.15) is 6.42 Å². The number of carboxylic acid groups (broad SMARTS) is 1. The molecule has 9 nitrogen and oxygen atoms in total. The van der Waals surface area contributed by atoms with Gasteiger partial charge >= 0.3 is 17.7 Å². The Morgan fingerprint density at radius 3 is 2.57 bits per heavy atom. The van der Waals surface area contributed by atoms with Gasteiger partial charge in [-0.25, -0.2) is 9.59 Å². The van der Waals surface area contributed by atoms with Gasteiger partial charge in [0, 0.05) is 30.8 Å². The van der Waals surface area contributed by atoms with E-state index in [0.717, 1.165) is 18.2 Å². The summed E-state index contributed by atoms with van der Waals surface area (Å²) in [6.07, 6.45) is -0.197. The zero-order valence-corrected chi connectivity index (χ0v) is 10.6. The zero-order chi connectivity index (χ0) is 16.0. The molecule has 0 spiro atoms. The molecule has 1 atom stereocenters. The van der Waals surface area contributed by atoms with E-state index in [1.165, 1.54) is 0 Å². The summed E-state index contributed by atoms with van der Waals surface area (Å²) >= 11 is 0. The summed E-state index contributed by atoms with van der Waals surface area (Å²) in [5.74, 6) is -2.47. The van der Waals surface area contributed by atoms with E-state index in [4.69, 9.17) is 10.2 Å². The summed E-state index contributed by atoms with van der Waals surface area (Å²) in [6, 6.07) is 0.456. The number of urea groups is 1. The Balaban J connectivity index is 2.72. The average molecular weight is 301 g/mol. The van der Waals surface area contributed by atoms with Crippen molar-refractivity contribution in [2.24, 2.45) is 0 Å². The highest BCUT2D eigenvalue weighted by Gasteiger charge is 2.20. The normalized spacial score (nSPS) is 11.5. The van der Waals surface area contributed by atoms with E-state index in [-0.39, 0.29) is 12.1 Å². The van der Waals surface area contributed by atoms with Gasteiger partial charge in [-0.1, -0.05) is 0 Å². The van der Waals surface area contributed by atoms with Crippen LogP contribution in [0.25, 0.3) is 0 Å². The van der Waals surface area contributed by atoms with Crippen LogP contribution in [0.4, 0.5) is 20.6 Å². The molecule has 0 saturated carbocycles. The number of nitro groups is 1. The van der Waals surface area contributed by atoms with Gasteiger partial charge in [0.2, 0.25) is 5.82 Å². The molecule has 0 fully saturated rings. The third kappa shape index (κ3) is 4.69. The second-order valence-electron chi connectivity index (χ2n) is 3.92. The van der Waals surface area contributed by atoms with Crippen molar-refractivity contribution in [2.45, 2.75) is 12.5 Å². The fraction of sp³-hybridized carbons (Fsp3) is 0.273. The fourth-order valence-corrected chi connectivity index (χ4v) is 1.44. The van der Waals surface area contributed by atoms with Gasteiger partial charge in [0.05, 0.1) is 4.92 Å². The van der Waals surface area contributed by atoms with E-state index < -0.39 is 41.1 Å². The predicted molar refractivity (Wildman–Crippen MR) is 68.3 cm³/mol. The van der Waals surface area contributed by atoms with Crippen molar-refractivity contribution in [2.75, 3.05) is 11.9 Å². The second-order valence-corrected chi connectivity index (χ2v) is 3.92. The molecular weight excluding hydrogens is 289 g/mol. The Morgan fingerprint density at radius 2 is 2.10 bits per heavy atom. The van der Waals surface area contributed by atoms with Gasteiger partial charge in [-0.05, 0) is 6.07 Å². The van der Waals surface area contributed by atoms with Gasteiger partial charge in [0.15, 0.2) is 0 Å². The molecule has 0 radical (unpaired) electrons. The van der Waals surface area contributed by atoms with Crippen molar-refractivity contribution in [3.63, 3.8) is 0 Å². The smallest absolute Gasteiger partial charge is 0.326 e. The maximum Gasteiger partial charge on any atom is 0.326 e. The minimum absolute atomic E-state index is 0.0799. The molecular formula is C11H12FN3O6. The van der Waals surface area contributed by atoms with Crippen LogP contribution in [0.15, 0.2) is 18.2 Å². The molecule has 0 aliphatic rings. The molecule has 0 heterocycles. The zero-order valence-electron chi connectivity index (χ0n) is 10.6. The number of rotatable bonds is 6. The summed E-state index contributed by atoms with van der Waals surface area (Å²) in [5.41, 5.74) is -0.826. The van der Waals surface area contributed by atoms with Gasteiger partial charge in [-0.3, -0.25) is 10.1 Å². The average Bonchev–Trinajstić information content (AvgIpc) is 2.37. The molecule has 1 aromatic rings. The van der Waals surface area contributed by atoms with Crippen LogP contribution < -0.4 is 10.6 Å². The molecule has 2 amide bonds. The number of carboxylic acids is 1. The first-order valence-corrected chi connectivity index (χ1v) is 5.70. The molecule has 0 aromatic heterocycles. The summed E-state index contributed by atoms with van der Waals surface area (Å²) in [6.45, 7) is -0.441. The number of nitrogens with one attached hydrogen (secondary N) is 2. The maximum atomic E-state index is 13.3. The molecule has 10 heteroatoms. The standard InChI is InChI=1S/C11H12FN3O6/c12-7-5-6(1-2-9(7)15(20)21)13-11(19)14-8(3-4-16)10(17)18/h1-2,5,8,16H,3-4H2,(H,17,18)(H2,13,14,19)/t8-/m1/s1. The number of aliphatic hydroxyl groups excluding tert-OH is 1. The van der Waals surface area contributed by atoms with Gasteiger partial charge in [-0.2, -0.15) is 4.39 Å². The second kappa shape index (κ2) is 7.14. The monoisotopic (exact) mass is 301 g/mol. The van der Waals surface area contributed by atoms with Crippen molar-refractivity contribution in [1.29, 1.82) is 0 Å². The number of aliphatic hydroxyl groups is 1. The Hall–Kier alpha value is -2.75. The summed E-state index contributed by atoms with van der Waals surface area (Å²) < 4.78 is 13.3. The molecule has 1 rings (SSSR count). The van der Waals surface area contributed by atoms with Crippen LogP contribution in [-0.4, -0.2) is 39.8 Å². The highest BCUT2D eigenvalue weighted by atomic mass is 19.1. The Kier molecular flexibility index (Phi) is 5.55. The third-order valence-electron chi connectivity index (χ3n) is 2.42. The first-order chi connectivity index (χ1) is 9.85. The lowest BCUT2D eigenvalue weighted by atomic mass is 10.2. The SMILES string of the molecule is O=C(Nc1ccc([N+](=O)[O-])c(F)c1)N[C@H](CCO)C(=O)O. The summed E-state index contributed by atoms with van der Waals surface area (Å²) in [5, 5.41) is 32.0. The van der Waals surface area contributed by atoms with Crippen LogP contribution >= 0.6 is 0 Å². The van der Waals surface area contributed by atoms with E-state index in [1.807, 2.05) is 0 Å². The number of carbonyl (C=O) groups excluding carboxylic acids is 1. The number of hydrogen-bond donors (Lipinski definition) is 4. The van der Waals surface area contributed by atoms with Crippen LogP contribution in [-0.2, 0) is 4.79 Å². The molecule has 0 aliphatic heterocycles. The molecule has 21 heavy (non-hydrogen) atoms. The molecule has 0 unspecified atom stereocenters. The number of halogens is 1. The van der Waals surface area contributed by atoms with E-state index in [9.17, 15) is 24.1 Å². The molecule has 0 saturated heterocycles. The first kappa shape index (κ1) is 16.3.